The van der Waals surface area contributed by atoms with Crippen molar-refractivity contribution >= 4 is 12.0 Å². The highest BCUT2D eigenvalue weighted by Crippen LogP contribution is 2.12. The maximum atomic E-state index is 11.7. The molecular weight excluding hydrogens is 246 g/mol. The predicted octanol–water partition coefficient (Wildman–Crippen LogP) is 1.27. The van der Waals surface area contributed by atoms with E-state index in [2.05, 4.69) is 5.32 Å². The van der Waals surface area contributed by atoms with Crippen LogP contribution < -0.4 is 5.32 Å². The maximum absolute atomic E-state index is 11.7. The van der Waals surface area contributed by atoms with E-state index in [9.17, 15) is 9.59 Å². The summed E-state index contributed by atoms with van der Waals surface area (Å²) in [6.45, 7) is 5.56. The van der Waals surface area contributed by atoms with Gasteiger partial charge >= 0.3 is 6.09 Å². The summed E-state index contributed by atoms with van der Waals surface area (Å²) < 4.78 is 5.15. The molecule has 1 fully saturated rings. The Balaban J connectivity index is 2.27. The number of piperidine rings is 1. The van der Waals surface area contributed by atoms with Crippen LogP contribution in [-0.2, 0) is 9.53 Å². The molecule has 0 atom stereocenters. The summed E-state index contributed by atoms with van der Waals surface area (Å²) in [5, 5.41) is 11.2. The molecular formula is C13H21N3O3. The van der Waals surface area contributed by atoms with Gasteiger partial charge in [-0.3, -0.25) is 4.79 Å². The van der Waals surface area contributed by atoms with E-state index in [1.54, 1.807) is 4.90 Å². The number of nitrogens with one attached hydrogen (secondary N) is 1. The average molecular weight is 267 g/mol. The molecule has 0 saturated carbocycles. The Labute approximate surface area is 113 Å². The zero-order valence-corrected chi connectivity index (χ0v) is 11.5. The van der Waals surface area contributed by atoms with Crippen molar-refractivity contribution in [1.82, 2.24) is 10.2 Å². The summed E-state index contributed by atoms with van der Waals surface area (Å²) in [7, 11) is 0. The number of rotatable bonds is 4. The molecule has 1 N–H and O–H groups in total. The van der Waals surface area contributed by atoms with Crippen LogP contribution in [0, 0.1) is 17.2 Å². The molecule has 1 saturated heterocycles. The summed E-state index contributed by atoms with van der Waals surface area (Å²) >= 11 is 0. The SMILES string of the molecule is CC(C)COC(=O)N1CCC(NC(=O)CC#N)CC1. The molecule has 1 rings (SSSR count). The Morgan fingerprint density at radius 1 is 1.42 bits per heavy atom. The average Bonchev–Trinajstić information content (AvgIpc) is 2.37. The minimum atomic E-state index is -0.282. The number of carbonyl (C=O) groups excluding carboxylic acids is 2. The number of likely N-dealkylation sites (tertiary alicyclic amines) is 1. The van der Waals surface area contributed by atoms with Gasteiger partial charge in [-0.15, -0.1) is 0 Å². The molecule has 0 radical (unpaired) electrons. The molecule has 0 bridgehead atoms. The van der Waals surface area contributed by atoms with Gasteiger partial charge in [-0.25, -0.2) is 4.79 Å². The third-order valence-corrected chi connectivity index (χ3v) is 2.90. The van der Waals surface area contributed by atoms with E-state index >= 15 is 0 Å². The van der Waals surface area contributed by atoms with Gasteiger partial charge in [0.25, 0.3) is 0 Å². The molecule has 0 unspecified atom stereocenters. The normalized spacial score (nSPS) is 16.0. The van der Waals surface area contributed by atoms with E-state index in [0.717, 1.165) is 0 Å². The molecule has 6 heteroatoms. The summed E-state index contributed by atoms with van der Waals surface area (Å²) in [6.07, 6.45) is 1.01. The van der Waals surface area contributed by atoms with E-state index in [1.165, 1.54) is 0 Å². The molecule has 6 nitrogen and oxygen atoms in total. The molecule has 1 aliphatic heterocycles. The summed E-state index contributed by atoms with van der Waals surface area (Å²) in [5.74, 6) is 0.0788. The van der Waals surface area contributed by atoms with Crippen molar-refractivity contribution in [2.75, 3.05) is 19.7 Å². The first-order valence-electron chi connectivity index (χ1n) is 6.61. The van der Waals surface area contributed by atoms with Crippen LogP contribution in [0.3, 0.4) is 0 Å². The third-order valence-electron chi connectivity index (χ3n) is 2.90. The largest absolute Gasteiger partial charge is 0.449 e. The van der Waals surface area contributed by atoms with Crippen LogP contribution in [0.2, 0.25) is 0 Å². The highest BCUT2D eigenvalue weighted by Gasteiger charge is 2.24. The van der Waals surface area contributed by atoms with Gasteiger partial charge < -0.3 is 15.0 Å². The molecule has 0 aromatic carbocycles. The van der Waals surface area contributed by atoms with Gasteiger partial charge in [0.1, 0.15) is 6.42 Å². The second-order valence-electron chi connectivity index (χ2n) is 5.13. The molecule has 19 heavy (non-hydrogen) atoms. The van der Waals surface area contributed by atoms with Crippen LogP contribution in [0.15, 0.2) is 0 Å². The number of hydrogen-bond acceptors (Lipinski definition) is 4. The quantitative estimate of drug-likeness (QED) is 0.831. The Kier molecular flexibility index (Phi) is 6.13. The molecule has 0 aromatic rings. The van der Waals surface area contributed by atoms with Crippen molar-refractivity contribution in [2.24, 2.45) is 5.92 Å². The van der Waals surface area contributed by atoms with E-state index in [4.69, 9.17) is 10.00 Å². The zero-order valence-electron chi connectivity index (χ0n) is 11.5. The van der Waals surface area contributed by atoms with Gasteiger partial charge in [0, 0.05) is 19.1 Å². The van der Waals surface area contributed by atoms with Crippen molar-refractivity contribution in [3.8, 4) is 6.07 Å². The molecule has 0 aromatic heterocycles. The maximum Gasteiger partial charge on any atom is 0.409 e. The van der Waals surface area contributed by atoms with Gasteiger partial charge in [0.15, 0.2) is 0 Å². The Hall–Kier alpha value is -1.77. The van der Waals surface area contributed by atoms with Gasteiger partial charge in [0.2, 0.25) is 5.91 Å². The monoisotopic (exact) mass is 267 g/mol. The number of nitrogens with zero attached hydrogens (tertiary/aromatic N) is 2. The molecule has 1 heterocycles. The third kappa shape index (κ3) is 5.60. The fourth-order valence-corrected chi connectivity index (χ4v) is 1.89. The Bertz CT molecular complexity index is 355. The zero-order chi connectivity index (χ0) is 14.3. The Morgan fingerprint density at radius 2 is 2.05 bits per heavy atom. The van der Waals surface area contributed by atoms with Crippen LogP contribution in [-0.4, -0.2) is 42.6 Å². The summed E-state index contributed by atoms with van der Waals surface area (Å²) in [5.41, 5.74) is 0. The minimum Gasteiger partial charge on any atom is -0.449 e. The van der Waals surface area contributed by atoms with Crippen molar-refractivity contribution in [2.45, 2.75) is 39.2 Å². The fourth-order valence-electron chi connectivity index (χ4n) is 1.89. The second-order valence-corrected chi connectivity index (χ2v) is 5.13. The van der Waals surface area contributed by atoms with E-state index in [-0.39, 0.29) is 24.5 Å². The van der Waals surface area contributed by atoms with Gasteiger partial charge in [-0.05, 0) is 18.8 Å². The number of ether oxygens (including phenoxy) is 1. The van der Waals surface area contributed by atoms with Gasteiger partial charge in [0.05, 0.1) is 12.7 Å². The first-order chi connectivity index (χ1) is 9.02. The van der Waals surface area contributed by atoms with Crippen LogP contribution >= 0.6 is 0 Å². The number of hydrogen-bond donors (Lipinski definition) is 1. The van der Waals surface area contributed by atoms with E-state index < -0.39 is 0 Å². The lowest BCUT2D eigenvalue weighted by Crippen LogP contribution is -2.46. The Morgan fingerprint density at radius 3 is 2.58 bits per heavy atom. The summed E-state index contributed by atoms with van der Waals surface area (Å²) in [6, 6.07) is 1.87. The lowest BCUT2D eigenvalue weighted by atomic mass is 10.1. The lowest BCUT2D eigenvalue weighted by molar-refractivity contribution is -0.121. The van der Waals surface area contributed by atoms with Crippen LogP contribution in [0.4, 0.5) is 4.79 Å². The van der Waals surface area contributed by atoms with Crippen molar-refractivity contribution < 1.29 is 14.3 Å². The number of amides is 2. The van der Waals surface area contributed by atoms with Crippen LogP contribution in [0.25, 0.3) is 0 Å². The minimum absolute atomic E-state index is 0.0509. The topological polar surface area (TPSA) is 82.4 Å². The smallest absolute Gasteiger partial charge is 0.409 e. The van der Waals surface area contributed by atoms with Crippen molar-refractivity contribution in [3.63, 3.8) is 0 Å². The van der Waals surface area contributed by atoms with Gasteiger partial charge in [-0.1, -0.05) is 13.8 Å². The fraction of sp³-hybridized carbons (Fsp3) is 0.769. The highest BCUT2D eigenvalue weighted by molar-refractivity contribution is 5.78. The summed E-state index contributed by atoms with van der Waals surface area (Å²) in [4.78, 5) is 24.6. The second kappa shape index (κ2) is 7.62. The number of nitriles is 1. The molecule has 0 aliphatic carbocycles. The van der Waals surface area contributed by atoms with Gasteiger partial charge in [-0.2, -0.15) is 5.26 Å². The van der Waals surface area contributed by atoms with E-state index in [0.29, 0.717) is 38.5 Å². The highest BCUT2D eigenvalue weighted by atomic mass is 16.6. The van der Waals surface area contributed by atoms with E-state index in [1.807, 2.05) is 19.9 Å². The van der Waals surface area contributed by atoms with Crippen LogP contribution in [0.5, 0.6) is 0 Å². The first kappa shape index (κ1) is 15.3. The van der Waals surface area contributed by atoms with Crippen molar-refractivity contribution in [3.05, 3.63) is 0 Å². The predicted molar refractivity (Wildman–Crippen MR) is 69.2 cm³/mol. The van der Waals surface area contributed by atoms with Crippen LogP contribution in [0.1, 0.15) is 33.1 Å². The first-order valence-corrected chi connectivity index (χ1v) is 6.61. The molecule has 106 valence electrons. The molecule has 0 spiro atoms. The molecule has 2 amide bonds. The lowest BCUT2D eigenvalue weighted by Gasteiger charge is -2.31. The molecule has 1 aliphatic rings. The van der Waals surface area contributed by atoms with Crippen molar-refractivity contribution in [1.29, 1.82) is 5.26 Å². The number of carbonyl (C=O) groups is 2. The standard InChI is InChI=1S/C13H21N3O3/c1-10(2)9-19-13(18)16-7-4-11(5-8-16)15-12(17)3-6-14/h10-11H,3-5,7-9H2,1-2H3,(H,15,17).